The van der Waals surface area contributed by atoms with Crippen LogP contribution in [0.1, 0.15) is 28.4 Å². The van der Waals surface area contributed by atoms with Crippen LogP contribution in [0.3, 0.4) is 0 Å². The van der Waals surface area contributed by atoms with Gasteiger partial charge in [-0.15, -0.1) is 0 Å². The number of ether oxygens (including phenoxy) is 1. The number of carboxylic acid groups (broad SMARTS) is 1. The lowest BCUT2D eigenvalue weighted by Crippen LogP contribution is -2.35. The minimum absolute atomic E-state index is 0.177. The van der Waals surface area contributed by atoms with E-state index in [2.05, 4.69) is 0 Å². The van der Waals surface area contributed by atoms with Gasteiger partial charge >= 0.3 is 5.97 Å². The summed E-state index contributed by atoms with van der Waals surface area (Å²) in [5.74, 6) is -0.827. The van der Waals surface area contributed by atoms with Crippen molar-refractivity contribution in [3.63, 3.8) is 0 Å². The Morgan fingerprint density at radius 2 is 1.73 bits per heavy atom. The highest BCUT2D eigenvalue weighted by Gasteiger charge is 2.20. The number of anilines is 1. The molecule has 0 spiro atoms. The standard InChI is InChI=1S/C24H22ClNO4/c1-2-18-9-3-5-12-21(18)26(15-17-8-7-10-19(14-17)24(28)29)23(27)16-30-22-13-6-4-11-20(22)25/h3-14H,2,15-16H2,1H3,(H,28,29). The molecule has 30 heavy (non-hydrogen) atoms. The molecule has 154 valence electrons. The first-order valence-corrected chi connectivity index (χ1v) is 9.95. The van der Waals surface area contributed by atoms with Crippen molar-refractivity contribution in [2.45, 2.75) is 19.9 Å². The van der Waals surface area contributed by atoms with Crippen molar-refractivity contribution >= 4 is 29.2 Å². The number of halogens is 1. The van der Waals surface area contributed by atoms with Gasteiger partial charge in [0, 0.05) is 5.69 Å². The molecule has 1 N–H and O–H groups in total. The minimum atomic E-state index is -1.01. The van der Waals surface area contributed by atoms with E-state index >= 15 is 0 Å². The Balaban J connectivity index is 1.89. The average molecular weight is 424 g/mol. The van der Waals surface area contributed by atoms with Gasteiger partial charge in [0.1, 0.15) is 5.75 Å². The van der Waals surface area contributed by atoms with Crippen LogP contribution in [-0.4, -0.2) is 23.6 Å². The molecule has 0 radical (unpaired) electrons. The number of hydrogen-bond acceptors (Lipinski definition) is 3. The highest BCUT2D eigenvalue weighted by atomic mass is 35.5. The predicted octanol–water partition coefficient (Wildman–Crippen LogP) is 5.21. The monoisotopic (exact) mass is 423 g/mol. The first kappa shape index (κ1) is 21.4. The van der Waals surface area contributed by atoms with Gasteiger partial charge in [-0.2, -0.15) is 0 Å². The molecule has 0 saturated heterocycles. The molecule has 0 fully saturated rings. The zero-order valence-corrected chi connectivity index (χ0v) is 17.3. The van der Waals surface area contributed by atoms with Crippen LogP contribution in [0.5, 0.6) is 5.75 Å². The van der Waals surface area contributed by atoms with Crippen LogP contribution < -0.4 is 9.64 Å². The van der Waals surface area contributed by atoms with Crippen molar-refractivity contribution in [3.05, 3.63) is 94.5 Å². The lowest BCUT2D eigenvalue weighted by Gasteiger charge is -2.25. The maximum Gasteiger partial charge on any atom is 0.335 e. The van der Waals surface area contributed by atoms with Gasteiger partial charge in [-0.1, -0.05) is 61.0 Å². The summed E-state index contributed by atoms with van der Waals surface area (Å²) >= 11 is 6.12. The first-order chi connectivity index (χ1) is 14.5. The molecule has 0 atom stereocenters. The number of nitrogens with zero attached hydrogens (tertiary/aromatic N) is 1. The van der Waals surface area contributed by atoms with Crippen molar-refractivity contribution < 1.29 is 19.4 Å². The van der Waals surface area contributed by atoms with Crippen molar-refractivity contribution in [1.29, 1.82) is 0 Å². The first-order valence-electron chi connectivity index (χ1n) is 9.57. The van der Waals surface area contributed by atoms with E-state index in [9.17, 15) is 14.7 Å². The van der Waals surface area contributed by atoms with Gasteiger partial charge in [0.2, 0.25) is 0 Å². The Morgan fingerprint density at radius 3 is 2.47 bits per heavy atom. The highest BCUT2D eigenvalue weighted by Crippen LogP contribution is 2.26. The predicted molar refractivity (Wildman–Crippen MR) is 117 cm³/mol. The third kappa shape index (κ3) is 5.19. The van der Waals surface area contributed by atoms with Crippen LogP contribution >= 0.6 is 11.6 Å². The molecule has 0 bridgehead atoms. The summed E-state index contributed by atoms with van der Waals surface area (Å²) in [6.07, 6.45) is 0.750. The molecule has 0 aromatic heterocycles. The van der Waals surface area contributed by atoms with E-state index in [1.54, 1.807) is 47.4 Å². The number of carbonyl (C=O) groups is 2. The number of hydrogen-bond donors (Lipinski definition) is 1. The van der Waals surface area contributed by atoms with E-state index in [0.717, 1.165) is 17.7 Å². The fraction of sp³-hybridized carbons (Fsp3) is 0.167. The van der Waals surface area contributed by atoms with Crippen molar-refractivity contribution in [2.24, 2.45) is 0 Å². The average Bonchev–Trinajstić information content (AvgIpc) is 2.77. The van der Waals surface area contributed by atoms with Crippen LogP contribution in [0.2, 0.25) is 5.02 Å². The minimum Gasteiger partial charge on any atom is -0.482 e. The number of rotatable bonds is 8. The second kappa shape index (κ2) is 9.94. The molecule has 1 amide bonds. The molecule has 0 saturated carbocycles. The Bertz CT molecular complexity index is 1050. The summed E-state index contributed by atoms with van der Waals surface area (Å²) in [5.41, 5.74) is 2.68. The van der Waals surface area contributed by atoms with Gasteiger partial charge in [-0.3, -0.25) is 4.79 Å². The largest absolute Gasteiger partial charge is 0.482 e. The summed E-state index contributed by atoms with van der Waals surface area (Å²) in [5, 5.41) is 9.71. The second-order valence-electron chi connectivity index (χ2n) is 6.69. The molecule has 0 heterocycles. The van der Waals surface area contributed by atoms with Crippen molar-refractivity contribution in [3.8, 4) is 5.75 Å². The summed E-state index contributed by atoms with van der Waals surface area (Å²) in [4.78, 5) is 26.1. The SMILES string of the molecule is CCc1ccccc1N(Cc1cccc(C(=O)O)c1)C(=O)COc1ccccc1Cl. The van der Waals surface area contributed by atoms with E-state index in [0.29, 0.717) is 16.3 Å². The smallest absolute Gasteiger partial charge is 0.335 e. The maximum atomic E-state index is 13.2. The third-order valence-corrected chi connectivity index (χ3v) is 4.98. The molecule has 0 aliphatic heterocycles. The van der Waals surface area contributed by atoms with Gasteiger partial charge in [0.25, 0.3) is 5.91 Å². The fourth-order valence-corrected chi connectivity index (χ4v) is 3.34. The summed E-state index contributed by atoms with van der Waals surface area (Å²) in [6, 6.07) is 21.2. The topological polar surface area (TPSA) is 66.8 Å². The van der Waals surface area contributed by atoms with Crippen LogP contribution in [-0.2, 0) is 17.8 Å². The van der Waals surface area contributed by atoms with Gasteiger partial charge in [-0.25, -0.2) is 4.79 Å². The van der Waals surface area contributed by atoms with E-state index < -0.39 is 5.97 Å². The summed E-state index contributed by atoms with van der Waals surface area (Å²) in [7, 11) is 0. The van der Waals surface area contributed by atoms with Crippen LogP contribution in [0.4, 0.5) is 5.69 Å². The fourth-order valence-electron chi connectivity index (χ4n) is 3.15. The van der Waals surface area contributed by atoms with Crippen LogP contribution in [0, 0.1) is 0 Å². The third-order valence-electron chi connectivity index (χ3n) is 4.67. The van der Waals surface area contributed by atoms with E-state index in [1.165, 1.54) is 6.07 Å². The van der Waals surface area contributed by atoms with Crippen LogP contribution in [0.15, 0.2) is 72.8 Å². The molecule has 3 aromatic rings. The summed E-state index contributed by atoms with van der Waals surface area (Å²) < 4.78 is 5.66. The summed E-state index contributed by atoms with van der Waals surface area (Å²) in [6.45, 7) is 2.05. The van der Waals surface area contributed by atoms with Gasteiger partial charge in [-0.05, 0) is 47.9 Å². The van der Waals surface area contributed by atoms with E-state index in [-0.39, 0.29) is 24.6 Å². The number of para-hydroxylation sites is 2. The lowest BCUT2D eigenvalue weighted by atomic mass is 10.1. The number of aromatic carboxylic acids is 1. The maximum absolute atomic E-state index is 13.2. The molecular weight excluding hydrogens is 402 g/mol. The number of amides is 1. The lowest BCUT2D eigenvalue weighted by molar-refractivity contribution is -0.120. The molecular formula is C24H22ClNO4. The molecule has 3 aromatic carbocycles. The number of benzene rings is 3. The quantitative estimate of drug-likeness (QED) is 0.539. The van der Waals surface area contributed by atoms with Gasteiger partial charge in [0.15, 0.2) is 6.61 Å². The second-order valence-corrected chi connectivity index (χ2v) is 7.09. The molecule has 5 nitrogen and oxygen atoms in total. The van der Waals surface area contributed by atoms with Crippen LogP contribution in [0.25, 0.3) is 0 Å². The Hall–Kier alpha value is -3.31. The Kier molecular flexibility index (Phi) is 7.09. The molecule has 6 heteroatoms. The molecule has 3 rings (SSSR count). The van der Waals surface area contributed by atoms with Gasteiger partial charge < -0.3 is 14.7 Å². The van der Waals surface area contributed by atoms with Crippen molar-refractivity contribution in [1.82, 2.24) is 0 Å². The highest BCUT2D eigenvalue weighted by molar-refractivity contribution is 6.32. The molecule has 0 aliphatic carbocycles. The number of aryl methyl sites for hydroxylation is 1. The van der Waals surface area contributed by atoms with Crippen molar-refractivity contribution in [2.75, 3.05) is 11.5 Å². The molecule has 0 aliphatic rings. The zero-order valence-electron chi connectivity index (χ0n) is 16.5. The number of carboxylic acids is 1. The Morgan fingerprint density at radius 1 is 1.00 bits per heavy atom. The molecule has 0 unspecified atom stereocenters. The zero-order chi connectivity index (χ0) is 21.5. The van der Waals surface area contributed by atoms with E-state index in [1.807, 2.05) is 31.2 Å². The van der Waals surface area contributed by atoms with E-state index in [4.69, 9.17) is 16.3 Å². The normalized spacial score (nSPS) is 10.5. The van der Waals surface area contributed by atoms with Gasteiger partial charge in [0.05, 0.1) is 17.1 Å². The number of carbonyl (C=O) groups excluding carboxylic acids is 1. The Labute approximate surface area is 180 Å².